The number of esters is 1. The number of hydrogen-bond acceptors (Lipinski definition) is 3. The number of rotatable bonds is 4. The molecule has 0 aliphatic rings. The molecule has 2 aromatic carbocycles. The first-order valence-corrected chi connectivity index (χ1v) is 6.77. The van der Waals surface area contributed by atoms with E-state index in [2.05, 4.69) is 0 Å². The number of carbonyl (C=O) groups excluding carboxylic acids is 1. The third kappa shape index (κ3) is 4.10. The first kappa shape index (κ1) is 15.1. The highest BCUT2D eigenvalue weighted by Crippen LogP contribution is 2.24. The van der Waals surface area contributed by atoms with E-state index < -0.39 is 5.97 Å². The topological polar surface area (TPSA) is 35.5 Å². The van der Waals surface area contributed by atoms with Crippen molar-refractivity contribution in [2.24, 2.45) is 0 Å². The van der Waals surface area contributed by atoms with E-state index in [1.54, 1.807) is 37.5 Å². The standard InChI is InChI=1S/C17H15ClO3/c1-12-7-9-15(20-2)13(11-12)8-10-17(19)21-16-6-4-3-5-14(16)18/h3-11H,1-2H3/b10-8+. The van der Waals surface area contributed by atoms with Crippen molar-refractivity contribution in [3.63, 3.8) is 0 Å². The summed E-state index contributed by atoms with van der Waals surface area (Å²) in [7, 11) is 1.59. The van der Waals surface area contributed by atoms with Crippen LogP contribution in [-0.4, -0.2) is 13.1 Å². The van der Waals surface area contributed by atoms with Crippen molar-refractivity contribution in [2.45, 2.75) is 6.92 Å². The molecule has 0 radical (unpaired) electrons. The summed E-state index contributed by atoms with van der Waals surface area (Å²) in [6.07, 6.45) is 3.01. The Bertz CT molecular complexity index is 677. The summed E-state index contributed by atoms with van der Waals surface area (Å²) >= 11 is 5.93. The van der Waals surface area contributed by atoms with Crippen molar-refractivity contribution in [1.82, 2.24) is 0 Å². The van der Waals surface area contributed by atoms with Gasteiger partial charge < -0.3 is 9.47 Å². The SMILES string of the molecule is COc1ccc(C)cc1/C=C/C(=O)Oc1ccccc1Cl. The van der Waals surface area contributed by atoms with Gasteiger partial charge in [-0.1, -0.05) is 35.4 Å². The Morgan fingerprint density at radius 1 is 1.14 bits per heavy atom. The monoisotopic (exact) mass is 302 g/mol. The molecule has 21 heavy (non-hydrogen) atoms. The lowest BCUT2D eigenvalue weighted by Crippen LogP contribution is -2.04. The van der Waals surface area contributed by atoms with Gasteiger partial charge >= 0.3 is 5.97 Å². The number of carbonyl (C=O) groups is 1. The fourth-order valence-electron chi connectivity index (χ4n) is 1.81. The van der Waals surface area contributed by atoms with Gasteiger partial charge in [0.05, 0.1) is 12.1 Å². The molecular formula is C17H15ClO3. The lowest BCUT2D eigenvalue weighted by Gasteiger charge is -2.06. The van der Waals surface area contributed by atoms with Crippen LogP contribution in [0.1, 0.15) is 11.1 Å². The number of para-hydroxylation sites is 1. The smallest absolute Gasteiger partial charge is 0.336 e. The van der Waals surface area contributed by atoms with Crippen molar-refractivity contribution in [2.75, 3.05) is 7.11 Å². The molecule has 0 atom stereocenters. The molecule has 0 unspecified atom stereocenters. The maximum Gasteiger partial charge on any atom is 0.336 e. The van der Waals surface area contributed by atoms with Crippen molar-refractivity contribution < 1.29 is 14.3 Å². The molecule has 0 aromatic heterocycles. The summed E-state index contributed by atoms with van der Waals surface area (Å²) in [4.78, 5) is 11.8. The molecule has 2 rings (SSSR count). The van der Waals surface area contributed by atoms with Crippen LogP contribution in [0.5, 0.6) is 11.5 Å². The molecule has 0 N–H and O–H groups in total. The minimum atomic E-state index is -0.494. The lowest BCUT2D eigenvalue weighted by atomic mass is 10.1. The van der Waals surface area contributed by atoms with Crippen LogP contribution in [-0.2, 0) is 4.79 Å². The van der Waals surface area contributed by atoms with E-state index in [0.717, 1.165) is 11.1 Å². The number of ether oxygens (including phenoxy) is 2. The third-order valence-electron chi connectivity index (χ3n) is 2.83. The van der Waals surface area contributed by atoms with Crippen LogP contribution in [0.4, 0.5) is 0 Å². The maximum absolute atomic E-state index is 11.8. The molecule has 0 aliphatic carbocycles. The van der Waals surface area contributed by atoms with Crippen molar-refractivity contribution in [1.29, 1.82) is 0 Å². The molecule has 0 fully saturated rings. The zero-order chi connectivity index (χ0) is 15.2. The van der Waals surface area contributed by atoms with Gasteiger partial charge in [0.1, 0.15) is 11.5 Å². The van der Waals surface area contributed by atoms with Crippen LogP contribution in [0.25, 0.3) is 6.08 Å². The van der Waals surface area contributed by atoms with Gasteiger partial charge in [-0.05, 0) is 37.3 Å². The second-order valence-electron chi connectivity index (χ2n) is 4.43. The van der Waals surface area contributed by atoms with Gasteiger partial charge in [0.2, 0.25) is 0 Å². The van der Waals surface area contributed by atoms with E-state index >= 15 is 0 Å². The number of aryl methyl sites for hydroxylation is 1. The van der Waals surface area contributed by atoms with Crippen molar-refractivity contribution in [3.8, 4) is 11.5 Å². The van der Waals surface area contributed by atoms with Crippen LogP contribution in [0.15, 0.2) is 48.5 Å². The summed E-state index contributed by atoms with van der Waals surface area (Å²) in [6, 6.07) is 12.6. The minimum Gasteiger partial charge on any atom is -0.496 e. The molecule has 108 valence electrons. The molecule has 0 saturated carbocycles. The molecule has 2 aromatic rings. The molecule has 0 saturated heterocycles. The van der Waals surface area contributed by atoms with E-state index in [-0.39, 0.29) is 0 Å². The van der Waals surface area contributed by atoms with Crippen LogP contribution < -0.4 is 9.47 Å². The highest BCUT2D eigenvalue weighted by molar-refractivity contribution is 6.32. The number of halogens is 1. The summed E-state index contributed by atoms with van der Waals surface area (Å²) in [5.41, 5.74) is 1.89. The average molecular weight is 303 g/mol. The van der Waals surface area contributed by atoms with E-state index in [4.69, 9.17) is 21.1 Å². The van der Waals surface area contributed by atoms with Gasteiger partial charge in [-0.2, -0.15) is 0 Å². The van der Waals surface area contributed by atoms with Gasteiger partial charge in [-0.3, -0.25) is 0 Å². The molecule has 3 nitrogen and oxygen atoms in total. The highest BCUT2D eigenvalue weighted by atomic mass is 35.5. The molecule has 4 heteroatoms. The van der Waals surface area contributed by atoms with Gasteiger partial charge in [0, 0.05) is 11.6 Å². The van der Waals surface area contributed by atoms with Crippen LogP contribution in [0.2, 0.25) is 5.02 Å². The second kappa shape index (κ2) is 6.95. The first-order chi connectivity index (χ1) is 10.1. The molecule has 0 heterocycles. The minimum absolute atomic E-state index is 0.338. The molecule has 0 bridgehead atoms. The fraction of sp³-hybridized carbons (Fsp3) is 0.118. The van der Waals surface area contributed by atoms with Crippen molar-refractivity contribution >= 4 is 23.6 Å². The maximum atomic E-state index is 11.8. The summed E-state index contributed by atoms with van der Waals surface area (Å²) in [5, 5.41) is 0.396. The van der Waals surface area contributed by atoms with E-state index in [9.17, 15) is 4.79 Å². The first-order valence-electron chi connectivity index (χ1n) is 6.39. The Morgan fingerprint density at radius 2 is 1.90 bits per heavy atom. The zero-order valence-electron chi connectivity index (χ0n) is 11.8. The summed E-state index contributed by atoms with van der Waals surface area (Å²) in [5.74, 6) is 0.541. The Hall–Kier alpha value is -2.26. The Kier molecular flexibility index (Phi) is 5.01. The third-order valence-corrected chi connectivity index (χ3v) is 3.14. The molecule has 0 spiro atoms. The molecule has 0 amide bonds. The molecular weight excluding hydrogens is 288 g/mol. The quantitative estimate of drug-likeness (QED) is 0.480. The number of hydrogen-bond donors (Lipinski definition) is 0. The Morgan fingerprint density at radius 3 is 2.62 bits per heavy atom. The summed E-state index contributed by atoms with van der Waals surface area (Å²) < 4.78 is 10.4. The number of methoxy groups -OCH3 is 1. The van der Waals surface area contributed by atoms with E-state index in [0.29, 0.717) is 16.5 Å². The summed E-state index contributed by atoms with van der Waals surface area (Å²) in [6.45, 7) is 1.97. The zero-order valence-corrected chi connectivity index (χ0v) is 12.6. The van der Waals surface area contributed by atoms with Crippen LogP contribution in [0, 0.1) is 6.92 Å². The largest absolute Gasteiger partial charge is 0.496 e. The van der Waals surface area contributed by atoms with Gasteiger partial charge in [-0.25, -0.2) is 4.79 Å². The van der Waals surface area contributed by atoms with Crippen molar-refractivity contribution in [3.05, 3.63) is 64.7 Å². The predicted molar refractivity (Wildman–Crippen MR) is 83.9 cm³/mol. The van der Waals surface area contributed by atoms with E-state index in [1.807, 2.05) is 25.1 Å². The van der Waals surface area contributed by atoms with Gasteiger partial charge in [0.15, 0.2) is 0 Å². The predicted octanol–water partition coefficient (Wildman–Crippen LogP) is 4.28. The van der Waals surface area contributed by atoms with Crippen LogP contribution in [0.3, 0.4) is 0 Å². The second-order valence-corrected chi connectivity index (χ2v) is 4.84. The van der Waals surface area contributed by atoms with Gasteiger partial charge in [-0.15, -0.1) is 0 Å². The number of benzene rings is 2. The average Bonchev–Trinajstić information content (AvgIpc) is 2.48. The Labute approximate surface area is 128 Å². The van der Waals surface area contributed by atoms with Gasteiger partial charge in [0.25, 0.3) is 0 Å². The highest BCUT2D eigenvalue weighted by Gasteiger charge is 2.05. The van der Waals surface area contributed by atoms with Crippen LogP contribution >= 0.6 is 11.6 Å². The Balaban J connectivity index is 2.12. The normalized spacial score (nSPS) is 10.6. The lowest BCUT2D eigenvalue weighted by molar-refractivity contribution is -0.128. The molecule has 0 aliphatic heterocycles. The van der Waals surface area contributed by atoms with E-state index in [1.165, 1.54) is 6.08 Å². The fourth-order valence-corrected chi connectivity index (χ4v) is 1.99.